The fraction of sp³-hybridized carbons (Fsp3) is 0.375. The molecule has 0 saturated heterocycles. The molecule has 1 amide bonds. The van der Waals surface area contributed by atoms with Crippen LogP contribution in [-0.4, -0.2) is 34.5 Å². The van der Waals surface area contributed by atoms with Crippen LogP contribution in [0, 0.1) is 0 Å². The van der Waals surface area contributed by atoms with E-state index in [1.54, 1.807) is 19.0 Å². The number of hydrogen-bond donors (Lipinski definition) is 0. The van der Waals surface area contributed by atoms with Gasteiger partial charge in [-0.1, -0.05) is 73.5 Å². The molecule has 156 valence electrons. The predicted molar refractivity (Wildman–Crippen MR) is 122 cm³/mol. The fourth-order valence-electron chi connectivity index (χ4n) is 4.10. The second-order valence-electron chi connectivity index (χ2n) is 8.02. The van der Waals surface area contributed by atoms with Crippen molar-refractivity contribution in [2.75, 3.05) is 14.1 Å². The van der Waals surface area contributed by atoms with Crippen LogP contribution in [0.3, 0.4) is 0 Å². The summed E-state index contributed by atoms with van der Waals surface area (Å²) in [5.74, 6) is -0.0104. The zero-order chi connectivity index (χ0) is 21.1. The van der Waals surface area contributed by atoms with Gasteiger partial charge in [0.1, 0.15) is 5.25 Å². The van der Waals surface area contributed by atoms with Gasteiger partial charge in [0.05, 0.1) is 10.9 Å². The first kappa shape index (κ1) is 20.7. The smallest absolute Gasteiger partial charge is 0.262 e. The van der Waals surface area contributed by atoms with E-state index in [1.807, 2.05) is 59.2 Å². The number of amides is 1. The number of carbonyl (C=O) groups excluding carboxylic acids is 1. The molecule has 6 heteroatoms. The van der Waals surface area contributed by atoms with Crippen LogP contribution in [0.1, 0.15) is 49.0 Å². The van der Waals surface area contributed by atoms with E-state index >= 15 is 0 Å². The van der Waals surface area contributed by atoms with Gasteiger partial charge in [0.15, 0.2) is 5.16 Å². The summed E-state index contributed by atoms with van der Waals surface area (Å²) in [7, 11) is 3.53. The van der Waals surface area contributed by atoms with Crippen molar-refractivity contribution < 1.29 is 4.79 Å². The molecular formula is C24H27N3O2S. The average molecular weight is 422 g/mol. The van der Waals surface area contributed by atoms with Gasteiger partial charge in [-0.25, -0.2) is 4.98 Å². The molecule has 1 aromatic heterocycles. The van der Waals surface area contributed by atoms with Crippen molar-refractivity contribution in [1.29, 1.82) is 0 Å². The Morgan fingerprint density at radius 2 is 1.70 bits per heavy atom. The molecule has 0 unspecified atom stereocenters. The normalized spacial score (nSPS) is 15.8. The van der Waals surface area contributed by atoms with Crippen molar-refractivity contribution in [1.82, 2.24) is 14.5 Å². The van der Waals surface area contributed by atoms with E-state index < -0.39 is 5.25 Å². The van der Waals surface area contributed by atoms with Gasteiger partial charge in [-0.05, 0) is 30.5 Å². The summed E-state index contributed by atoms with van der Waals surface area (Å²) in [5, 5.41) is 0.821. The fourth-order valence-corrected chi connectivity index (χ4v) is 5.41. The van der Waals surface area contributed by atoms with Crippen LogP contribution in [0.15, 0.2) is 64.5 Å². The number of para-hydroxylation sites is 1. The molecule has 4 rings (SSSR count). The molecule has 3 aromatic rings. The Balaban J connectivity index is 1.85. The SMILES string of the molecule is CN(C)C(=O)[C@@H](Sc1nc2ccccc2c(=O)n1C1CCCCC1)c1ccccc1. The second-order valence-corrected chi connectivity index (χ2v) is 9.09. The van der Waals surface area contributed by atoms with Gasteiger partial charge < -0.3 is 4.90 Å². The van der Waals surface area contributed by atoms with Crippen LogP contribution in [0.2, 0.25) is 0 Å². The molecule has 30 heavy (non-hydrogen) atoms. The third-order valence-corrected chi connectivity index (χ3v) is 6.91. The minimum absolute atomic E-state index is 0.000821. The van der Waals surface area contributed by atoms with E-state index in [0.29, 0.717) is 16.1 Å². The van der Waals surface area contributed by atoms with Gasteiger partial charge in [0.25, 0.3) is 5.56 Å². The highest BCUT2D eigenvalue weighted by Crippen LogP contribution is 2.38. The van der Waals surface area contributed by atoms with Crippen LogP contribution < -0.4 is 5.56 Å². The number of hydrogen-bond acceptors (Lipinski definition) is 4. The predicted octanol–water partition coefficient (Wildman–Crippen LogP) is 4.82. The molecule has 0 N–H and O–H groups in total. The molecule has 0 aliphatic heterocycles. The maximum Gasteiger partial charge on any atom is 0.262 e. The average Bonchev–Trinajstić information content (AvgIpc) is 2.78. The summed E-state index contributed by atoms with van der Waals surface area (Å²) in [6.45, 7) is 0. The van der Waals surface area contributed by atoms with Crippen molar-refractivity contribution >= 4 is 28.6 Å². The van der Waals surface area contributed by atoms with E-state index in [4.69, 9.17) is 4.98 Å². The Kier molecular flexibility index (Phi) is 6.23. The summed E-state index contributed by atoms with van der Waals surface area (Å²) >= 11 is 1.39. The number of aromatic nitrogens is 2. The van der Waals surface area contributed by atoms with Crippen molar-refractivity contribution in [3.63, 3.8) is 0 Å². The molecule has 1 aliphatic carbocycles. The largest absolute Gasteiger partial charge is 0.348 e. The molecule has 1 atom stereocenters. The van der Waals surface area contributed by atoms with Crippen LogP contribution in [0.25, 0.3) is 10.9 Å². The van der Waals surface area contributed by atoms with Crippen molar-refractivity contribution in [3.05, 3.63) is 70.5 Å². The first-order valence-electron chi connectivity index (χ1n) is 10.5. The Morgan fingerprint density at radius 3 is 2.40 bits per heavy atom. The van der Waals surface area contributed by atoms with Crippen molar-refractivity contribution in [3.8, 4) is 0 Å². The summed E-state index contributed by atoms with van der Waals surface area (Å²) in [5.41, 5.74) is 1.60. The van der Waals surface area contributed by atoms with Gasteiger partial charge >= 0.3 is 0 Å². The monoisotopic (exact) mass is 421 g/mol. The van der Waals surface area contributed by atoms with Crippen LogP contribution in [0.5, 0.6) is 0 Å². The molecule has 0 bridgehead atoms. The maximum atomic E-state index is 13.5. The van der Waals surface area contributed by atoms with Crippen molar-refractivity contribution in [2.45, 2.75) is 48.6 Å². The molecule has 1 fully saturated rings. The highest BCUT2D eigenvalue weighted by Gasteiger charge is 2.28. The zero-order valence-electron chi connectivity index (χ0n) is 17.5. The van der Waals surface area contributed by atoms with E-state index in [0.717, 1.165) is 31.2 Å². The van der Waals surface area contributed by atoms with Crippen molar-refractivity contribution in [2.24, 2.45) is 0 Å². The topological polar surface area (TPSA) is 55.2 Å². The van der Waals surface area contributed by atoms with E-state index in [2.05, 4.69) is 0 Å². The standard InChI is InChI=1S/C24H27N3O2S/c1-26(2)23(29)21(17-11-5-3-6-12-17)30-24-25-20-16-10-9-15-19(20)22(28)27(24)18-13-7-4-8-14-18/h3,5-6,9-12,15-16,18,21H,4,7-8,13-14H2,1-2H3/t21-/m0/s1. The van der Waals surface area contributed by atoms with Gasteiger partial charge in [0, 0.05) is 20.1 Å². The molecule has 1 heterocycles. The minimum atomic E-state index is -0.455. The first-order valence-corrected chi connectivity index (χ1v) is 11.4. The van der Waals surface area contributed by atoms with Crippen LogP contribution in [0.4, 0.5) is 0 Å². The summed E-state index contributed by atoms with van der Waals surface area (Å²) in [6.07, 6.45) is 5.40. The number of rotatable bonds is 5. The third-order valence-electron chi connectivity index (χ3n) is 5.71. The van der Waals surface area contributed by atoms with E-state index in [9.17, 15) is 9.59 Å². The van der Waals surface area contributed by atoms with Crippen LogP contribution in [-0.2, 0) is 4.79 Å². The summed E-state index contributed by atoms with van der Waals surface area (Å²) < 4.78 is 1.87. The lowest BCUT2D eigenvalue weighted by Gasteiger charge is -2.28. The Labute approximate surface area is 181 Å². The number of nitrogens with zero attached hydrogens (tertiary/aromatic N) is 3. The van der Waals surface area contributed by atoms with Gasteiger partial charge in [-0.3, -0.25) is 14.2 Å². The summed E-state index contributed by atoms with van der Waals surface area (Å²) in [6, 6.07) is 17.4. The molecule has 0 spiro atoms. The molecule has 2 aromatic carbocycles. The highest BCUT2D eigenvalue weighted by atomic mass is 32.2. The molecule has 1 saturated carbocycles. The van der Waals surface area contributed by atoms with E-state index in [1.165, 1.54) is 18.2 Å². The molecule has 5 nitrogen and oxygen atoms in total. The van der Waals surface area contributed by atoms with E-state index in [-0.39, 0.29) is 17.5 Å². The molecule has 0 radical (unpaired) electrons. The number of likely N-dealkylation sites (N-methyl/N-ethyl adjacent to an activating group) is 1. The van der Waals surface area contributed by atoms with Crippen LogP contribution >= 0.6 is 11.8 Å². The lowest BCUT2D eigenvalue weighted by molar-refractivity contribution is -0.128. The molecule has 1 aliphatic rings. The van der Waals surface area contributed by atoms with Gasteiger partial charge in [-0.2, -0.15) is 0 Å². The number of carbonyl (C=O) groups is 1. The quantitative estimate of drug-likeness (QED) is 0.438. The summed E-state index contributed by atoms with van der Waals surface area (Å²) in [4.78, 5) is 33.0. The minimum Gasteiger partial charge on any atom is -0.348 e. The molecular weight excluding hydrogens is 394 g/mol. The lowest BCUT2D eigenvalue weighted by atomic mass is 9.95. The van der Waals surface area contributed by atoms with Gasteiger partial charge in [-0.15, -0.1) is 0 Å². The highest BCUT2D eigenvalue weighted by molar-refractivity contribution is 8.00. The Bertz CT molecular complexity index is 1090. The lowest BCUT2D eigenvalue weighted by Crippen LogP contribution is -2.31. The second kappa shape index (κ2) is 9.04. The Morgan fingerprint density at radius 1 is 1.03 bits per heavy atom. The first-order chi connectivity index (χ1) is 14.6. The van der Waals surface area contributed by atoms with Gasteiger partial charge in [0.2, 0.25) is 5.91 Å². The number of fused-ring (bicyclic) bond motifs is 1. The zero-order valence-corrected chi connectivity index (χ0v) is 18.3. The Hall–Kier alpha value is -2.60. The number of benzene rings is 2. The maximum absolute atomic E-state index is 13.5. The number of thioether (sulfide) groups is 1. The third kappa shape index (κ3) is 4.15.